The number of carbonyl (C=O) groups is 1. The lowest BCUT2D eigenvalue weighted by Gasteiger charge is -2.20. The third-order valence-electron chi connectivity index (χ3n) is 3.18. The molecule has 20 heavy (non-hydrogen) atoms. The Morgan fingerprint density at radius 1 is 1.65 bits per heavy atom. The van der Waals surface area contributed by atoms with Gasteiger partial charge in [-0.25, -0.2) is 4.79 Å². The Kier molecular flexibility index (Phi) is 4.14. The minimum atomic E-state index is -1.11. The highest BCUT2D eigenvalue weighted by atomic mass is 16.6. The predicted octanol–water partition coefficient (Wildman–Crippen LogP) is -2.10. The molecule has 1 aromatic rings. The Balaban J connectivity index is 2.45. The highest BCUT2D eigenvalue weighted by Crippen LogP contribution is 2.30. The minimum Gasteiger partial charge on any atom is -0.394 e. The van der Waals surface area contributed by atoms with Crippen molar-refractivity contribution in [2.45, 2.75) is 24.5 Å². The average Bonchev–Trinajstić information content (AvgIpc) is 2.75. The third-order valence-corrected chi connectivity index (χ3v) is 3.18. The van der Waals surface area contributed by atoms with Crippen LogP contribution in [-0.4, -0.2) is 58.1 Å². The number of aromatic nitrogens is 2. The summed E-state index contributed by atoms with van der Waals surface area (Å²) in [6.45, 7) is -0.435. The van der Waals surface area contributed by atoms with E-state index in [1.54, 1.807) is 0 Å². The number of rotatable bonds is 4. The zero-order chi connectivity index (χ0) is 14.9. The van der Waals surface area contributed by atoms with Gasteiger partial charge in [-0.3, -0.25) is 9.36 Å². The quantitative estimate of drug-likeness (QED) is 0.535. The molecule has 2 heterocycles. The SMILES string of the molecule is COC1[C@@H](O)[C@@H](CO)O[C@H]1n1cc(C=O)c(N)nc1=O. The van der Waals surface area contributed by atoms with Gasteiger partial charge in [-0.05, 0) is 0 Å². The molecular formula is C11H15N3O6. The maximum Gasteiger partial charge on any atom is 0.351 e. The number of nitrogens with two attached hydrogens (primary N) is 1. The van der Waals surface area contributed by atoms with Crippen molar-refractivity contribution in [2.75, 3.05) is 19.5 Å². The van der Waals surface area contributed by atoms with E-state index in [1.165, 1.54) is 13.3 Å². The molecular weight excluding hydrogens is 270 g/mol. The lowest BCUT2D eigenvalue weighted by Crippen LogP contribution is -2.37. The average molecular weight is 285 g/mol. The van der Waals surface area contributed by atoms with Crippen molar-refractivity contribution in [1.82, 2.24) is 9.55 Å². The summed E-state index contributed by atoms with van der Waals surface area (Å²) in [7, 11) is 1.33. The summed E-state index contributed by atoms with van der Waals surface area (Å²) in [5.74, 6) is -0.188. The molecule has 1 aliphatic rings. The van der Waals surface area contributed by atoms with Gasteiger partial charge in [0, 0.05) is 13.3 Å². The molecule has 0 radical (unpaired) electrons. The zero-order valence-corrected chi connectivity index (χ0v) is 10.7. The standard InChI is InChI=1S/C11H15N3O6/c1-19-8-7(17)6(4-16)20-10(8)14-2-5(3-15)9(12)13-11(14)18/h2-3,6-8,10,16-17H,4H2,1H3,(H2,12,13,18)/t6-,7+,8?,10-/m1/s1. The summed E-state index contributed by atoms with van der Waals surface area (Å²) < 4.78 is 11.5. The van der Waals surface area contributed by atoms with Gasteiger partial charge in [0.1, 0.15) is 24.1 Å². The van der Waals surface area contributed by atoms with Gasteiger partial charge in [-0.2, -0.15) is 4.98 Å². The van der Waals surface area contributed by atoms with Gasteiger partial charge in [0.2, 0.25) is 0 Å². The maximum absolute atomic E-state index is 11.8. The number of nitrogen functional groups attached to an aromatic ring is 1. The van der Waals surface area contributed by atoms with Crippen molar-refractivity contribution in [3.05, 3.63) is 22.2 Å². The molecule has 0 bridgehead atoms. The fraction of sp³-hybridized carbons (Fsp3) is 0.545. The van der Waals surface area contributed by atoms with Crippen LogP contribution in [0.15, 0.2) is 11.0 Å². The largest absolute Gasteiger partial charge is 0.394 e. The second kappa shape index (κ2) is 5.67. The third kappa shape index (κ3) is 2.31. The van der Waals surface area contributed by atoms with Crippen LogP contribution in [0.5, 0.6) is 0 Å². The van der Waals surface area contributed by atoms with Gasteiger partial charge in [0.15, 0.2) is 12.5 Å². The number of methoxy groups -OCH3 is 1. The molecule has 4 N–H and O–H groups in total. The van der Waals surface area contributed by atoms with E-state index in [-0.39, 0.29) is 11.4 Å². The smallest absolute Gasteiger partial charge is 0.351 e. The van der Waals surface area contributed by atoms with Crippen LogP contribution in [0.3, 0.4) is 0 Å². The number of aliphatic hydroxyl groups is 2. The highest BCUT2D eigenvalue weighted by molar-refractivity contribution is 5.80. The minimum absolute atomic E-state index is 0.0185. The Labute approximate surface area is 113 Å². The number of anilines is 1. The molecule has 9 heteroatoms. The number of aliphatic hydroxyl groups excluding tert-OH is 2. The number of nitrogens with zero attached hydrogens (tertiary/aromatic N) is 2. The Hall–Kier alpha value is -1.81. The van der Waals surface area contributed by atoms with Crippen molar-refractivity contribution in [1.29, 1.82) is 0 Å². The second-order valence-electron chi connectivity index (χ2n) is 4.33. The summed E-state index contributed by atoms with van der Waals surface area (Å²) >= 11 is 0. The van der Waals surface area contributed by atoms with E-state index in [9.17, 15) is 14.7 Å². The van der Waals surface area contributed by atoms with Crippen LogP contribution in [-0.2, 0) is 9.47 Å². The molecule has 1 unspecified atom stereocenters. The second-order valence-corrected chi connectivity index (χ2v) is 4.33. The van der Waals surface area contributed by atoms with E-state index >= 15 is 0 Å². The number of hydrogen-bond acceptors (Lipinski definition) is 8. The topological polar surface area (TPSA) is 137 Å². The molecule has 1 fully saturated rings. The maximum atomic E-state index is 11.8. The monoisotopic (exact) mass is 285 g/mol. The van der Waals surface area contributed by atoms with Crippen molar-refractivity contribution in [3.8, 4) is 0 Å². The Bertz CT molecular complexity index is 560. The van der Waals surface area contributed by atoms with Gasteiger partial charge in [0.25, 0.3) is 0 Å². The number of hydrogen-bond donors (Lipinski definition) is 3. The summed E-state index contributed by atoms with van der Waals surface area (Å²) in [6, 6.07) is 0. The van der Waals surface area contributed by atoms with Crippen LogP contribution in [0.4, 0.5) is 5.82 Å². The molecule has 110 valence electrons. The first-order valence-electron chi connectivity index (χ1n) is 5.84. The first-order chi connectivity index (χ1) is 9.53. The fourth-order valence-corrected chi connectivity index (χ4v) is 2.12. The van der Waals surface area contributed by atoms with Gasteiger partial charge in [-0.1, -0.05) is 0 Å². The Morgan fingerprint density at radius 2 is 2.35 bits per heavy atom. The molecule has 1 saturated heterocycles. The molecule has 0 spiro atoms. The molecule has 0 aliphatic carbocycles. The van der Waals surface area contributed by atoms with Crippen LogP contribution < -0.4 is 11.4 Å². The molecule has 1 aliphatic heterocycles. The van der Waals surface area contributed by atoms with E-state index in [1.807, 2.05) is 0 Å². The normalized spacial score (nSPS) is 29.6. The summed E-state index contributed by atoms with van der Waals surface area (Å²) in [6.07, 6.45) is -2.26. The van der Waals surface area contributed by atoms with Crippen molar-refractivity contribution >= 4 is 12.1 Å². The Morgan fingerprint density at radius 3 is 2.90 bits per heavy atom. The van der Waals surface area contributed by atoms with E-state index in [4.69, 9.17) is 20.3 Å². The number of ether oxygens (including phenoxy) is 2. The lowest BCUT2D eigenvalue weighted by atomic mass is 10.1. The van der Waals surface area contributed by atoms with E-state index in [2.05, 4.69) is 4.98 Å². The van der Waals surface area contributed by atoms with E-state index in [0.717, 1.165) is 4.57 Å². The summed E-state index contributed by atoms with van der Waals surface area (Å²) in [5.41, 5.74) is 4.70. The first kappa shape index (κ1) is 14.6. The molecule has 4 atom stereocenters. The van der Waals surface area contributed by atoms with Gasteiger partial charge < -0.3 is 25.4 Å². The van der Waals surface area contributed by atoms with Crippen LogP contribution in [0.25, 0.3) is 0 Å². The van der Waals surface area contributed by atoms with Gasteiger partial charge in [0.05, 0.1) is 12.2 Å². The van der Waals surface area contributed by atoms with Crippen molar-refractivity contribution < 1.29 is 24.5 Å². The number of carbonyl (C=O) groups excluding carboxylic acids is 1. The van der Waals surface area contributed by atoms with E-state index in [0.29, 0.717) is 6.29 Å². The van der Waals surface area contributed by atoms with E-state index < -0.39 is 36.8 Å². The number of aldehydes is 1. The molecule has 0 aromatic carbocycles. The molecule has 0 saturated carbocycles. The van der Waals surface area contributed by atoms with Crippen molar-refractivity contribution in [2.24, 2.45) is 0 Å². The first-order valence-corrected chi connectivity index (χ1v) is 5.84. The highest BCUT2D eigenvalue weighted by Gasteiger charge is 2.45. The predicted molar refractivity (Wildman–Crippen MR) is 66.1 cm³/mol. The van der Waals surface area contributed by atoms with Crippen LogP contribution in [0.1, 0.15) is 16.6 Å². The fourth-order valence-electron chi connectivity index (χ4n) is 2.12. The molecule has 9 nitrogen and oxygen atoms in total. The molecule has 2 rings (SSSR count). The summed E-state index contributed by atoms with van der Waals surface area (Å²) in [4.78, 5) is 26.2. The van der Waals surface area contributed by atoms with Crippen LogP contribution in [0, 0.1) is 0 Å². The van der Waals surface area contributed by atoms with Gasteiger partial charge in [-0.15, -0.1) is 0 Å². The zero-order valence-electron chi connectivity index (χ0n) is 10.7. The van der Waals surface area contributed by atoms with Crippen molar-refractivity contribution in [3.63, 3.8) is 0 Å². The van der Waals surface area contributed by atoms with Crippen LogP contribution >= 0.6 is 0 Å². The lowest BCUT2D eigenvalue weighted by molar-refractivity contribution is -0.0624. The molecule has 0 amide bonds. The summed E-state index contributed by atoms with van der Waals surface area (Å²) in [5, 5.41) is 19.0. The molecule has 1 aromatic heterocycles. The van der Waals surface area contributed by atoms with Gasteiger partial charge >= 0.3 is 5.69 Å². The van der Waals surface area contributed by atoms with Crippen LogP contribution in [0.2, 0.25) is 0 Å².